The number of carboxylic acid groups (broad SMARTS) is 1. The van der Waals surface area contributed by atoms with Gasteiger partial charge in [-0.05, 0) is 12.0 Å². The highest BCUT2D eigenvalue weighted by Crippen LogP contribution is 2.39. The Bertz CT molecular complexity index is 631. The third-order valence-electron chi connectivity index (χ3n) is 2.78. The summed E-state index contributed by atoms with van der Waals surface area (Å²) in [5.41, 5.74) is -6.06. The zero-order valence-corrected chi connectivity index (χ0v) is 11.8. The Morgan fingerprint density at radius 2 is 1.91 bits per heavy atom. The van der Waals surface area contributed by atoms with Crippen LogP contribution in [-0.4, -0.2) is 29.3 Å². The molecule has 0 radical (unpaired) electrons. The molecule has 11 heteroatoms. The molecule has 23 heavy (non-hydrogen) atoms. The van der Waals surface area contributed by atoms with Crippen LogP contribution >= 0.6 is 0 Å². The fraction of sp³-hybridized carbons (Fsp3) is 0.417. The highest BCUT2D eigenvalue weighted by atomic mass is 19.4. The van der Waals surface area contributed by atoms with Crippen LogP contribution in [0, 0.1) is 0 Å². The number of carbonyl (C=O) groups excluding carboxylic acids is 1. The lowest BCUT2D eigenvalue weighted by Gasteiger charge is -2.19. The number of anilines is 1. The summed E-state index contributed by atoms with van der Waals surface area (Å²) in [4.78, 5) is 25.1. The molecular formula is C12H11F5N2O4. The molecule has 1 heterocycles. The summed E-state index contributed by atoms with van der Waals surface area (Å²) in [7, 11) is 0.901. The molecule has 0 aliphatic heterocycles. The average molecular weight is 342 g/mol. The third kappa shape index (κ3) is 3.85. The van der Waals surface area contributed by atoms with Gasteiger partial charge < -0.3 is 9.84 Å². The van der Waals surface area contributed by atoms with Gasteiger partial charge in [0, 0.05) is 0 Å². The van der Waals surface area contributed by atoms with Crippen molar-refractivity contribution in [2.24, 2.45) is 0 Å². The van der Waals surface area contributed by atoms with Crippen LogP contribution < -0.4 is 5.32 Å². The number of carbonyl (C=O) groups is 2. The zero-order chi connectivity index (χ0) is 17.9. The minimum Gasteiger partial charge on any atom is -0.478 e. The molecule has 2 N–H and O–H groups in total. The average Bonchev–Trinajstić information content (AvgIpc) is 2.44. The van der Waals surface area contributed by atoms with E-state index in [0.717, 1.165) is 7.11 Å². The summed E-state index contributed by atoms with van der Waals surface area (Å²) < 4.78 is 69.1. The Balaban J connectivity index is 3.84. The number of ether oxygens (including phenoxy) is 1. The van der Waals surface area contributed by atoms with E-state index in [1.165, 1.54) is 6.92 Å². The van der Waals surface area contributed by atoms with E-state index < -0.39 is 52.9 Å². The fourth-order valence-corrected chi connectivity index (χ4v) is 1.89. The van der Waals surface area contributed by atoms with Crippen molar-refractivity contribution >= 4 is 17.7 Å². The molecule has 1 aromatic heterocycles. The van der Waals surface area contributed by atoms with Crippen molar-refractivity contribution in [1.82, 2.24) is 4.98 Å². The molecule has 1 rings (SSSR count). The maximum absolute atomic E-state index is 13.0. The minimum absolute atomic E-state index is 0.369. The van der Waals surface area contributed by atoms with Crippen LogP contribution in [0.2, 0.25) is 0 Å². The molecule has 0 aliphatic rings. The van der Waals surface area contributed by atoms with Crippen LogP contribution in [0.5, 0.6) is 0 Å². The number of hydrogen-bond acceptors (Lipinski definition) is 4. The number of aromatic carboxylic acids is 1. The third-order valence-corrected chi connectivity index (χ3v) is 2.78. The Hall–Kier alpha value is -2.46. The lowest BCUT2D eigenvalue weighted by molar-refractivity contribution is -0.142. The lowest BCUT2D eigenvalue weighted by Crippen LogP contribution is -2.23. The molecule has 0 saturated heterocycles. The summed E-state index contributed by atoms with van der Waals surface area (Å²) in [6.07, 6.45) is -10.4. The normalized spacial score (nSPS) is 11.5. The summed E-state index contributed by atoms with van der Waals surface area (Å²) >= 11 is 0. The second-order valence-corrected chi connectivity index (χ2v) is 4.15. The SMILES string of the molecule is CCc1c(NC(=O)OC)c(C(F)F)nc(C(F)(F)F)c1C(=O)O. The molecular weight excluding hydrogens is 331 g/mol. The number of alkyl halides is 5. The van der Waals surface area contributed by atoms with Gasteiger partial charge in [0.1, 0.15) is 5.69 Å². The first-order chi connectivity index (χ1) is 10.5. The molecule has 0 atom stereocenters. The molecule has 128 valence electrons. The topological polar surface area (TPSA) is 88.5 Å². The zero-order valence-electron chi connectivity index (χ0n) is 11.8. The van der Waals surface area contributed by atoms with E-state index in [1.807, 2.05) is 0 Å². The van der Waals surface area contributed by atoms with Crippen LogP contribution in [-0.2, 0) is 17.3 Å². The number of nitrogens with zero attached hydrogens (tertiary/aromatic N) is 1. The Kier molecular flexibility index (Phi) is 5.46. The van der Waals surface area contributed by atoms with Crippen LogP contribution in [0.3, 0.4) is 0 Å². The van der Waals surface area contributed by atoms with Crippen LogP contribution in [0.1, 0.15) is 40.7 Å². The summed E-state index contributed by atoms with van der Waals surface area (Å²) in [6, 6.07) is 0. The standard InChI is InChI=1S/C12H11F5N2O4/c1-3-4-5(10(20)21)8(12(15,16)17)18-7(9(13)14)6(4)19-11(22)23-2/h9H,3H2,1-2H3,(H,19,22)(H,20,21). The van der Waals surface area contributed by atoms with Gasteiger partial charge in [-0.2, -0.15) is 13.2 Å². The lowest BCUT2D eigenvalue weighted by atomic mass is 9.99. The first kappa shape index (κ1) is 18.6. The molecule has 0 aliphatic carbocycles. The molecule has 6 nitrogen and oxygen atoms in total. The maximum atomic E-state index is 13.0. The van der Waals surface area contributed by atoms with E-state index in [2.05, 4.69) is 9.72 Å². The molecule has 0 spiro atoms. The maximum Gasteiger partial charge on any atom is 0.434 e. The number of hydrogen-bond donors (Lipinski definition) is 2. The van der Waals surface area contributed by atoms with Crippen LogP contribution in [0.4, 0.5) is 32.4 Å². The van der Waals surface area contributed by atoms with Gasteiger partial charge in [-0.15, -0.1) is 0 Å². The number of nitrogens with one attached hydrogen (secondary N) is 1. The van der Waals surface area contributed by atoms with Crippen molar-refractivity contribution in [3.8, 4) is 0 Å². The van der Waals surface area contributed by atoms with Crippen molar-refractivity contribution < 1.29 is 41.4 Å². The first-order valence-corrected chi connectivity index (χ1v) is 6.04. The Labute approximate surface area is 126 Å². The first-order valence-electron chi connectivity index (χ1n) is 6.04. The summed E-state index contributed by atoms with van der Waals surface area (Å²) in [5.74, 6) is -2.00. The second kappa shape index (κ2) is 6.75. The monoisotopic (exact) mass is 342 g/mol. The minimum atomic E-state index is -5.26. The van der Waals surface area contributed by atoms with Gasteiger partial charge in [0.2, 0.25) is 0 Å². The van der Waals surface area contributed by atoms with E-state index in [-0.39, 0.29) is 6.42 Å². The molecule has 0 unspecified atom stereocenters. The number of amides is 1. The van der Waals surface area contributed by atoms with Crippen LogP contribution in [0.15, 0.2) is 0 Å². The van der Waals surface area contributed by atoms with Crippen molar-refractivity contribution in [2.45, 2.75) is 25.9 Å². The Morgan fingerprint density at radius 1 is 1.35 bits per heavy atom. The van der Waals surface area contributed by atoms with Crippen molar-refractivity contribution in [3.63, 3.8) is 0 Å². The van der Waals surface area contributed by atoms with E-state index >= 15 is 0 Å². The van der Waals surface area contributed by atoms with E-state index in [1.54, 1.807) is 5.32 Å². The molecule has 0 saturated carbocycles. The molecule has 0 bridgehead atoms. The number of aromatic nitrogens is 1. The molecule has 1 aromatic rings. The fourth-order valence-electron chi connectivity index (χ4n) is 1.89. The van der Waals surface area contributed by atoms with Gasteiger partial charge in [-0.3, -0.25) is 5.32 Å². The summed E-state index contributed by atoms with van der Waals surface area (Å²) in [6.45, 7) is 1.25. The van der Waals surface area contributed by atoms with E-state index in [9.17, 15) is 31.5 Å². The molecule has 0 fully saturated rings. The number of halogens is 5. The van der Waals surface area contributed by atoms with Crippen molar-refractivity contribution in [1.29, 1.82) is 0 Å². The smallest absolute Gasteiger partial charge is 0.434 e. The number of pyridine rings is 1. The van der Waals surface area contributed by atoms with Crippen molar-refractivity contribution in [2.75, 3.05) is 12.4 Å². The molecule has 1 amide bonds. The number of carboxylic acids is 1. The predicted octanol–water partition coefficient (Wildman–Crippen LogP) is 3.48. The largest absolute Gasteiger partial charge is 0.478 e. The van der Waals surface area contributed by atoms with E-state index in [4.69, 9.17) is 5.11 Å². The van der Waals surface area contributed by atoms with Gasteiger partial charge in [-0.25, -0.2) is 23.4 Å². The van der Waals surface area contributed by atoms with Gasteiger partial charge in [0.25, 0.3) is 6.43 Å². The van der Waals surface area contributed by atoms with Gasteiger partial charge in [-0.1, -0.05) is 6.92 Å². The molecule has 0 aromatic carbocycles. The van der Waals surface area contributed by atoms with E-state index in [0.29, 0.717) is 0 Å². The van der Waals surface area contributed by atoms with Crippen molar-refractivity contribution in [3.05, 3.63) is 22.5 Å². The van der Waals surface area contributed by atoms with Gasteiger partial charge in [0.15, 0.2) is 5.69 Å². The summed E-state index contributed by atoms with van der Waals surface area (Å²) in [5, 5.41) is 10.8. The number of methoxy groups -OCH3 is 1. The highest BCUT2D eigenvalue weighted by Gasteiger charge is 2.41. The number of rotatable bonds is 4. The Morgan fingerprint density at radius 3 is 2.26 bits per heavy atom. The van der Waals surface area contributed by atoms with Crippen LogP contribution in [0.25, 0.3) is 0 Å². The van der Waals surface area contributed by atoms with Gasteiger partial charge in [0.05, 0.1) is 18.4 Å². The quantitative estimate of drug-likeness (QED) is 0.818. The second-order valence-electron chi connectivity index (χ2n) is 4.15. The van der Waals surface area contributed by atoms with Gasteiger partial charge >= 0.3 is 18.2 Å². The predicted molar refractivity (Wildman–Crippen MR) is 66.6 cm³/mol. The highest BCUT2D eigenvalue weighted by molar-refractivity contribution is 5.95.